The third-order valence-corrected chi connectivity index (χ3v) is 8.38. The average molecular weight is 625 g/mol. The van der Waals surface area contributed by atoms with Crippen LogP contribution >= 0.6 is 0 Å². The molecule has 0 fully saturated rings. The highest BCUT2D eigenvalue weighted by atomic mass is 16.3. The zero-order chi connectivity index (χ0) is 34.1. The van der Waals surface area contributed by atoms with Gasteiger partial charge in [0.25, 0.3) is 0 Å². The molecule has 256 valence electrons. The molecule has 0 amide bonds. The highest BCUT2D eigenvalue weighted by Gasteiger charge is 2.27. The van der Waals surface area contributed by atoms with Gasteiger partial charge in [-0.05, 0) is 97.8 Å². The molecule has 45 heavy (non-hydrogen) atoms. The van der Waals surface area contributed by atoms with Gasteiger partial charge < -0.3 is 31.5 Å². The number of rotatable bonds is 16. The van der Waals surface area contributed by atoms with Gasteiger partial charge in [0, 0.05) is 46.7 Å². The van der Waals surface area contributed by atoms with Crippen LogP contribution in [0.25, 0.3) is 0 Å². The molecular weight excluding hydrogens is 556 g/mol. The second kappa shape index (κ2) is 16.4. The quantitative estimate of drug-likeness (QED) is 0.0826. The first-order valence-corrected chi connectivity index (χ1v) is 17.4. The van der Waals surface area contributed by atoms with Crippen molar-refractivity contribution in [2.24, 2.45) is 0 Å². The van der Waals surface area contributed by atoms with Crippen LogP contribution in [-0.4, -0.2) is 49.5 Å². The summed E-state index contributed by atoms with van der Waals surface area (Å²) in [5.74, 6) is 0.869. The van der Waals surface area contributed by atoms with E-state index < -0.39 is 0 Å². The zero-order valence-corrected chi connectivity index (χ0v) is 31.0. The molecule has 6 N–H and O–H groups in total. The molecular formula is C39H68N4O2. The van der Waals surface area contributed by atoms with E-state index in [1.54, 1.807) is 0 Å². The van der Waals surface area contributed by atoms with Crippen LogP contribution in [0.15, 0.2) is 24.3 Å². The molecule has 2 aromatic carbocycles. The van der Waals surface area contributed by atoms with E-state index in [-0.39, 0.29) is 21.7 Å². The molecule has 0 aliphatic carbocycles. The van der Waals surface area contributed by atoms with Crippen molar-refractivity contribution in [3.8, 4) is 11.5 Å². The van der Waals surface area contributed by atoms with E-state index in [1.165, 1.54) is 19.3 Å². The number of hydrogen-bond donors (Lipinski definition) is 6. The number of unbranched alkanes of at least 4 members (excludes halogenated alkanes) is 2. The van der Waals surface area contributed by atoms with Crippen molar-refractivity contribution in [1.82, 2.24) is 10.6 Å². The lowest BCUT2D eigenvalue weighted by atomic mass is 9.79. The summed E-state index contributed by atoms with van der Waals surface area (Å²) in [5, 5.41) is 36.2. The molecule has 0 heterocycles. The van der Waals surface area contributed by atoms with Crippen molar-refractivity contribution in [3.05, 3.63) is 46.5 Å². The summed E-state index contributed by atoms with van der Waals surface area (Å²) < 4.78 is 0. The molecule has 0 spiro atoms. The molecule has 2 rings (SSSR count). The Labute approximate surface area is 276 Å². The largest absolute Gasteiger partial charge is 0.507 e. The van der Waals surface area contributed by atoms with Crippen LogP contribution in [0.1, 0.15) is 137 Å². The van der Waals surface area contributed by atoms with Crippen LogP contribution in [0.2, 0.25) is 0 Å². The number of aromatic hydroxyl groups is 2. The normalized spacial score (nSPS) is 12.9. The van der Waals surface area contributed by atoms with E-state index >= 15 is 0 Å². The molecule has 0 aliphatic heterocycles. The van der Waals surface area contributed by atoms with Crippen molar-refractivity contribution in [2.45, 2.75) is 137 Å². The first-order valence-electron chi connectivity index (χ1n) is 17.4. The molecule has 0 saturated carbocycles. The van der Waals surface area contributed by atoms with Crippen LogP contribution in [0.5, 0.6) is 11.5 Å². The van der Waals surface area contributed by atoms with E-state index in [2.05, 4.69) is 129 Å². The van der Waals surface area contributed by atoms with Crippen molar-refractivity contribution in [2.75, 3.05) is 49.9 Å². The first kappa shape index (κ1) is 38.7. The van der Waals surface area contributed by atoms with Gasteiger partial charge in [0.1, 0.15) is 11.5 Å². The Hall–Kier alpha value is -2.44. The summed E-state index contributed by atoms with van der Waals surface area (Å²) in [7, 11) is 0. The summed E-state index contributed by atoms with van der Waals surface area (Å²) in [5.41, 5.74) is 5.74. The van der Waals surface area contributed by atoms with E-state index in [0.717, 1.165) is 85.7 Å². The number of anilines is 2. The van der Waals surface area contributed by atoms with E-state index in [4.69, 9.17) is 0 Å². The third-order valence-electron chi connectivity index (χ3n) is 8.38. The van der Waals surface area contributed by atoms with Crippen LogP contribution in [-0.2, 0) is 21.7 Å². The van der Waals surface area contributed by atoms with Gasteiger partial charge in [-0.15, -0.1) is 0 Å². The highest BCUT2D eigenvalue weighted by Crippen LogP contribution is 2.42. The minimum Gasteiger partial charge on any atom is -0.507 e. The van der Waals surface area contributed by atoms with Crippen molar-refractivity contribution >= 4 is 11.4 Å². The Balaban J connectivity index is 1.59. The van der Waals surface area contributed by atoms with Gasteiger partial charge in [-0.25, -0.2) is 0 Å². The van der Waals surface area contributed by atoms with Gasteiger partial charge in [0.15, 0.2) is 0 Å². The first-order chi connectivity index (χ1) is 20.7. The lowest BCUT2D eigenvalue weighted by molar-refractivity contribution is 0.422. The fraction of sp³-hybridized carbons (Fsp3) is 0.692. The fourth-order valence-electron chi connectivity index (χ4n) is 5.58. The maximum absolute atomic E-state index is 10.9. The minimum absolute atomic E-state index is 0.113. The summed E-state index contributed by atoms with van der Waals surface area (Å²) in [6.07, 6.45) is 5.75. The standard InChI is InChI=1S/C39H68N4O2/c1-36(2,3)30-24-28(25-31(34(30)44)37(4,5)6)42-22-16-20-40-18-14-13-15-19-41-21-17-23-43-29-26-32(38(7,8)9)35(45)33(27-29)39(10,11)12/h24-27,40-45H,13-23H2,1-12H3. The number of hydrogen-bond acceptors (Lipinski definition) is 6. The summed E-state index contributed by atoms with van der Waals surface area (Å²) in [6, 6.07) is 8.46. The van der Waals surface area contributed by atoms with Gasteiger partial charge >= 0.3 is 0 Å². The SMILES string of the molecule is CC(C)(C)c1cc(NCCCNCCCCCNCCCNc2cc(C(C)(C)C)c(O)c(C(C)(C)C)c2)cc(C(C)(C)C)c1O. The molecule has 0 bridgehead atoms. The van der Waals surface area contributed by atoms with E-state index in [0.29, 0.717) is 11.5 Å². The molecule has 0 atom stereocenters. The average Bonchev–Trinajstić information content (AvgIpc) is 2.89. The van der Waals surface area contributed by atoms with Gasteiger partial charge in [0.05, 0.1) is 0 Å². The van der Waals surface area contributed by atoms with Gasteiger partial charge in [-0.1, -0.05) is 89.5 Å². The smallest absolute Gasteiger partial charge is 0.123 e. The maximum Gasteiger partial charge on any atom is 0.123 e. The number of benzene rings is 2. The molecule has 2 aromatic rings. The van der Waals surface area contributed by atoms with Crippen LogP contribution in [0, 0.1) is 0 Å². The second-order valence-electron chi connectivity index (χ2n) is 17.0. The molecule has 0 unspecified atom stereocenters. The molecule has 6 nitrogen and oxygen atoms in total. The minimum atomic E-state index is -0.113. The number of phenols is 2. The Morgan fingerprint density at radius 2 is 0.667 bits per heavy atom. The monoisotopic (exact) mass is 625 g/mol. The Kier molecular flexibility index (Phi) is 14.1. The molecule has 0 radical (unpaired) electrons. The maximum atomic E-state index is 10.9. The van der Waals surface area contributed by atoms with E-state index in [9.17, 15) is 10.2 Å². The number of phenolic OH excluding ortho intramolecular Hbond substituents is 2. The summed E-state index contributed by atoms with van der Waals surface area (Å²) in [4.78, 5) is 0. The van der Waals surface area contributed by atoms with Crippen molar-refractivity contribution in [3.63, 3.8) is 0 Å². The highest BCUT2D eigenvalue weighted by molar-refractivity contribution is 5.60. The van der Waals surface area contributed by atoms with Gasteiger partial charge in [-0.2, -0.15) is 0 Å². The van der Waals surface area contributed by atoms with Crippen LogP contribution in [0.4, 0.5) is 11.4 Å². The molecule has 6 heteroatoms. The van der Waals surface area contributed by atoms with Crippen LogP contribution in [0.3, 0.4) is 0 Å². The van der Waals surface area contributed by atoms with Gasteiger partial charge in [0.2, 0.25) is 0 Å². The van der Waals surface area contributed by atoms with Gasteiger partial charge in [-0.3, -0.25) is 0 Å². The zero-order valence-electron chi connectivity index (χ0n) is 31.0. The Bertz CT molecular complexity index is 1030. The molecule has 0 aliphatic rings. The summed E-state index contributed by atoms with van der Waals surface area (Å²) >= 11 is 0. The Morgan fingerprint density at radius 3 is 0.933 bits per heavy atom. The molecule has 0 aromatic heterocycles. The van der Waals surface area contributed by atoms with Crippen LogP contribution < -0.4 is 21.3 Å². The third kappa shape index (κ3) is 12.7. The Morgan fingerprint density at radius 1 is 0.400 bits per heavy atom. The fourth-order valence-corrected chi connectivity index (χ4v) is 5.58. The lowest BCUT2D eigenvalue weighted by Crippen LogP contribution is -2.21. The molecule has 0 saturated heterocycles. The number of nitrogens with one attached hydrogen (secondary N) is 4. The topological polar surface area (TPSA) is 88.6 Å². The lowest BCUT2D eigenvalue weighted by Gasteiger charge is -2.28. The van der Waals surface area contributed by atoms with E-state index in [1.807, 2.05) is 0 Å². The van der Waals surface area contributed by atoms with Crippen molar-refractivity contribution < 1.29 is 10.2 Å². The van der Waals surface area contributed by atoms with Crippen molar-refractivity contribution in [1.29, 1.82) is 0 Å². The second-order valence-corrected chi connectivity index (χ2v) is 17.0. The predicted octanol–water partition coefficient (Wildman–Crippen LogP) is 8.94. The summed E-state index contributed by atoms with van der Waals surface area (Å²) in [6.45, 7) is 31.8. The predicted molar refractivity (Wildman–Crippen MR) is 197 cm³/mol.